The first-order valence-corrected chi connectivity index (χ1v) is 10.3. The van der Waals surface area contributed by atoms with Gasteiger partial charge in [-0.15, -0.1) is 0 Å². The molecular formula is C21H16IN3OS. The van der Waals surface area contributed by atoms with Gasteiger partial charge in [0.2, 0.25) is 0 Å². The van der Waals surface area contributed by atoms with E-state index in [1.54, 1.807) is 17.3 Å². The SMILES string of the molecule is Cc1ccc2nc(N(Cc3cccnc3)C(=O)c3ccccc3I)sc2c1. The fourth-order valence-corrected chi connectivity index (χ4v) is 4.50. The molecule has 0 fully saturated rings. The molecule has 4 aromatic rings. The average molecular weight is 485 g/mol. The number of carbonyl (C=O) groups is 1. The zero-order chi connectivity index (χ0) is 18.8. The smallest absolute Gasteiger partial charge is 0.261 e. The Kier molecular flexibility index (Phi) is 5.18. The van der Waals surface area contributed by atoms with E-state index in [0.717, 1.165) is 19.4 Å². The highest BCUT2D eigenvalue weighted by molar-refractivity contribution is 14.1. The van der Waals surface area contributed by atoms with E-state index in [-0.39, 0.29) is 5.91 Å². The summed E-state index contributed by atoms with van der Waals surface area (Å²) in [5.74, 6) is -0.0559. The highest BCUT2D eigenvalue weighted by atomic mass is 127. The van der Waals surface area contributed by atoms with Gasteiger partial charge in [0.05, 0.1) is 22.3 Å². The lowest BCUT2D eigenvalue weighted by molar-refractivity contribution is 0.0984. The zero-order valence-electron chi connectivity index (χ0n) is 14.6. The molecule has 0 N–H and O–H groups in total. The van der Waals surface area contributed by atoms with Crippen LogP contribution in [0.5, 0.6) is 0 Å². The second-order valence-corrected chi connectivity index (χ2v) is 8.37. The first-order valence-electron chi connectivity index (χ1n) is 8.44. The molecule has 0 aliphatic carbocycles. The first kappa shape index (κ1) is 18.1. The quantitative estimate of drug-likeness (QED) is 0.361. The summed E-state index contributed by atoms with van der Waals surface area (Å²) in [7, 11) is 0. The van der Waals surface area contributed by atoms with Gasteiger partial charge in [-0.2, -0.15) is 0 Å². The molecule has 0 saturated heterocycles. The number of anilines is 1. The third-order valence-electron chi connectivity index (χ3n) is 4.18. The van der Waals surface area contributed by atoms with Gasteiger partial charge in [-0.05, 0) is 71.0 Å². The van der Waals surface area contributed by atoms with Crippen LogP contribution < -0.4 is 4.90 Å². The molecule has 0 radical (unpaired) electrons. The van der Waals surface area contributed by atoms with Crippen LogP contribution in [0.15, 0.2) is 67.0 Å². The fraction of sp³-hybridized carbons (Fsp3) is 0.0952. The molecule has 0 bridgehead atoms. The minimum absolute atomic E-state index is 0.0559. The van der Waals surface area contributed by atoms with E-state index in [9.17, 15) is 4.79 Å². The van der Waals surface area contributed by atoms with Crippen molar-refractivity contribution in [1.29, 1.82) is 0 Å². The lowest BCUT2D eigenvalue weighted by atomic mass is 10.2. The van der Waals surface area contributed by atoms with Crippen LogP contribution >= 0.6 is 33.9 Å². The van der Waals surface area contributed by atoms with Crippen LogP contribution in [0.1, 0.15) is 21.5 Å². The van der Waals surface area contributed by atoms with Gasteiger partial charge in [0, 0.05) is 16.0 Å². The number of hydrogen-bond acceptors (Lipinski definition) is 4. The molecule has 0 aliphatic rings. The standard InChI is InChI=1S/C21H16IN3OS/c1-14-8-9-18-19(11-14)27-21(24-18)25(13-15-5-4-10-23-12-15)20(26)16-6-2-3-7-17(16)22/h2-12H,13H2,1H3. The zero-order valence-corrected chi connectivity index (χ0v) is 17.6. The Balaban J connectivity index is 1.79. The Hall–Kier alpha value is -2.32. The number of hydrogen-bond donors (Lipinski definition) is 0. The molecule has 0 saturated carbocycles. The number of aryl methyl sites for hydroxylation is 1. The third kappa shape index (κ3) is 3.86. The van der Waals surface area contributed by atoms with Crippen molar-refractivity contribution in [2.45, 2.75) is 13.5 Å². The third-order valence-corrected chi connectivity index (χ3v) is 6.16. The Morgan fingerprint density at radius 3 is 2.78 bits per heavy atom. The number of halogens is 1. The molecule has 0 spiro atoms. The minimum atomic E-state index is -0.0559. The van der Waals surface area contributed by atoms with E-state index < -0.39 is 0 Å². The molecule has 1 amide bonds. The molecular weight excluding hydrogens is 469 g/mol. The van der Waals surface area contributed by atoms with E-state index >= 15 is 0 Å². The molecule has 0 aliphatic heterocycles. The van der Waals surface area contributed by atoms with Crippen molar-refractivity contribution in [3.05, 3.63) is 87.3 Å². The lowest BCUT2D eigenvalue weighted by Crippen LogP contribution is -2.31. The normalized spacial score (nSPS) is 10.9. The summed E-state index contributed by atoms with van der Waals surface area (Å²) < 4.78 is 2.00. The summed E-state index contributed by atoms with van der Waals surface area (Å²) in [6.07, 6.45) is 3.52. The number of fused-ring (bicyclic) bond motifs is 1. The summed E-state index contributed by atoms with van der Waals surface area (Å²) in [6.45, 7) is 2.49. The van der Waals surface area contributed by atoms with Crippen molar-refractivity contribution in [1.82, 2.24) is 9.97 Å². The van der Waals surface area contributed by atoms with Gasteiger partial charge in [0.25, 0.3) is 5.91 Å². The van der Waals surface area contributed by atoms with E-state index in [1.165, 1.54) is 16.9 Å². The number of amides is 1. The number of thiazole rings is 1. The molecule has 4 nitrogen and oxygen atoms in total. The topological polar surface area (TPSA) is 46.1 Å². The van der Waals surface area contributed by atoms with Crippen LogP contribution in [0.25, 0.3) is 10.2 Å². The van der Waals surface area contributed by atoms with Gasteiger partial charge in [-0.1, -0.05) is 35.6 Å². The van der Waals surface area contributed by atoms with Gasteiger partial charge in [-0.25, -0.2) is 4.98 Å². The molecule has 6 heteroatoms. The van der Waals surface area contributed by atoms with Crippen LogP contribution in [-0.4, -0.2) is 15.9 Å². The minimum Gasteiger partial charge on any atom is -0.279 e. The number of nitrogens with zero attached hydrogens (tertiary/aromatic N) is 3. The van der Waals surface area contributed by atoms with Crippen molar-refractivity contribution in [2.24, 2.45) is 0 Å². The van der Waals surface area contributed by atoms with Crippen LogP contribution in [0.4, 0.5) is 5.13 Å². The van der Waals surface area contributed by atoms with E-state index in [4.69, 9.17) is 4.98 Å². The number of benzene rings is 2. The van der Waals surface area contributed by atoms with E-state index in [1.807, 2.05) is 48.5 Å². The lowest BCUT2D eigenvalue weighted by Gasteiger charge is -2.20. The summed E-state index contributed by atoms with van der Waals surface area (Å²) in [5, 5.41) is 0.698. The van der Waals surface area contributed by atoms with Crippen molar-refractivity contribution < 1.29 is 4.79 Å². The number of rotatable bonds is 4. The second-order valence-electron chi connectivity index (χ2n) is 6.20. The van der Waals surface area contributed by atoms with Crippen LogP contribution in [0.2, 0.25) is 0 Å². The van der Waals surface area contributed by atoms with E-state index in [2.05, 4.69) is 40.6 Å². The first-order chi connectivity index (χ1) is 13.1. The van der Waals surface area contributed by atoms with Crippen LogP contribution in [0, 0.1) is 10.5 Å². The molecule has 4 rings (SSSR count). The van der Waals surface area contributed by atoms with Gasteiger partial charge < -0.3 is 0 Å². The molecule has 0 atom stereocenters. The summed E-state index contributed by atoms with van der Waals surface area (Å²) in [6, 6.07) is 17.6. The highest BCUT2D eigenvalue weighted by Gasteiger charge is 2.23. The number of pyridine rings is 1. The molecule has 0 unspecified atom stereocenters. The molecule has 2 heterocycles. The molecule has 2 aromatic heterocycles. The van der Waals surface area contributed by atoms with Crippen molar-refractivity contribution in [2.75, 3.05) is 4.90 Å². The molecule has 27 heavy (non-hydrogen) atoms. The molecule has 134 valence electrons. The largest absolute Gasteiger partial charge is 0.279 e. The predicted molar refractivity (Wildman–Crippen MR) is 118 cm³/mol. The van der Waals surface area contributed by atoms with Crippen molar-refractivity contribution >= 4 is 55.2 Å². The monoisotopic (exact) mass is 485 g/mol. The fourth-order valence-electron chi connectivity index (χ4n) is 2.82. The Morgan fingerprint density at radius 2 is 2.00 bits per heavy atom. The van der Waals surface area contributed by atoms with Gasteiger partial charge in [-0.3, -0.25) is 14.7 Å². The highest BCUT2D eigenvalue weighted by Crippen LogP contribution is 2.32. The van der Waals surface area contributed by atoms with Gasteiger partial charge >= 0.3 is 0 Å². The van der Waals surface area contributed by atoms with Crippen molar-refractivity contribution in [3.63, 3.8) is 0 Å². The van der Waals surface area contributed by atoms with Gasteiger partial charge in [0.1, 0.15) is 0 Å². The summed E-state index contributed by atoms with van der Waals surface area (Å²) in [5.41, 5.74) is 3.73. The maximum Gasteiger partial charge on any atom is 0.261 e. The Bertz CT molecular complexity index is 1110. The average Bonchev–Trinajstić information content (AvgIpc) is 3.09. The Morgan fingerprint density at radius 1 is 1.15 bits per heavy atom. The summed E-state index contributed by atoms with van der Waals surface area (Å²) in [4.78, 5) is 24.0. The predicted octanol–water partition coefficient (Wildman–Crippen LogP) is 5.45. The molecule has 2 aromatic carbocycles. The van der Waals surface area contributed by atoms with Crippen molar-refractivity contribution in [3.8, 4) is 0 Å². The second kappa shape index (κ2) is 7.74. The maximum absolute atomic E-state index is 13.4. The number of aromatic nitrogens is 2. The van der Waals surface area contributed by atoms with Crippen LogP contribution in [-0.2, 0) is 6.54 Å². The number of carbonyl (C=O) groups excluding carboxylic acids is 1. The Labute approximate surface area is 175 Å². The maximum atomic E-state index is 13.4. The summed E-state index contributed by atoms with van der Waals surface area (Å²) >= 11 is 3.74. The van der Waals surface area contributed by atoms with Crippen LogP contribution in [0.3, 0.4) is 0 Å². The van der Waals surface area contributed by atoms with E-state index in [0.29, 0.717) is 17.2 Å². The van der Waals surface area contributed by atoms with Gasteiger partial charge in [0.15, 0.2) is 5.13 Å².